The molecule has 0 saturated heterocycles. The van der Waals surface area contributed by atoms with Crippen LogP contribution in [0.25, 0.3) is 0 Å². The molecule has 0 radical (unpaired) electrons. The minimum atomic E-state index is 0.471. The Morgan fingerprint density at radius 2 is 2.18 bits per heavy atom. The van der Waals surface area contributed by atoms with Crippen molar-refractivity contribution in [2.75, 3.05) is 5.32 Å². The van der Waals surface area contributed by atoms with Crippen LogP contribution in [0.4, 0.5) is 5.69 Å². The van der Waals surface area contributed by atoms with Gasteiger partial charge in [0.15, 0.2) is 0 Å². The summed E-state index contributed by atoms with van der Waals surface area (Å²) >= 11 is 5.10. The van der Waals surface area contributed by atoms with Crippen LogP contribution in [0, 0.1) is 12.8 Å². The summed E-state index contributed by atoms with van der Waals surface area (Å²) in [7, 11) is 0. The van der Waals surface area contributed by atoms with Gasteiger partial charge in [-0.25, -0.2) is 0 Å². The highest BCUT2D eigenvalue weighted by Gasteiger charge is 2.23. The van der Waals surface area contributed by atoms with Crippen LogP contribution in [-0.4, -0.2) is 11.0 Å². The average Bonchev–Trinajstić information content (AvgIpc) is 2.64. The van der Waals surface area contributed by atoms with Gasteiger partial charge in [0.25, 0.3) is 0 Å². The largest absolute Gasteiger partial charge is 0.389 e. The van der Waals surface area contributed by atoms with Gasteiger partial charge in [0.05, 0.1) is 0 Å². The Bertz CT molecular complexity index is 428. The van der Waals surface area contributed by atoms with Crippen molar-refractivity contribution in [3.05, 3.63) is 29.3 Å². The van der Waals surface area contributed by atoms with Crippen molar-refractivity contribution in [2.45, 2.75) is 39.2 Å². The fraction of sp³-hybridized carbons (Fsp3) is 0.500. The van der Waals surface area contributed by atoms with E-state index in [1.54, 1.807) is 0 Å². The van der Waals surface area contributed by atoms with E-state index < -0.39 is 0 Å². The van der Waals surface area contributed by atoms with Gasteiger partial charge in [-0.1, -0.05) is 31.6 Å². The lowest BCUT2D eigenvalue weighted by molar-refractivity contribution is 0.556. The van der Waals surface area contributed by atoms with E-state index in [1.165, 1.54) is 24.8 Å². The third kappa shape index (κ3) is 2.78. The first kappa shape index (κ1) is 12.4. The second-order valence-corrected chi connectivity index (χ2v) is 5.51. The van der Waals surface area contributed by atoms with Gasteiger partial charge in [-0.3, -0.25) is 0 Å². The zero-order valence-corrected chi connectivity index (χ0v) is 11.3. The third-order valence-electron chi connectivity index (χ3n) is 3.64. The van der Waals surface area contributed by atoms with Gasteiger partial charge in [-0.2, -0.15) is 0 Å². The number of anilines is 1. The van der Waals surface area contributed by atoms with Gasteiger partial charge >= 0.3 is 0 Å². The maximum absolute atomic E-state index is 5.76. The summed E-state index contributed by atoms with van der Waals surface area (Å²) in [5.41, 5.74) is 9.06. The first-order chi connectivity index (χ1) is 8.08. The molecule has 17 heavy (non-hydrogen) atoms. The predicted octanol–water partition coefficient (Wildman–Crippen LogP) is 3.23. The summed E-state index contributed by atoms with van der Waals surface area (Å²) < 4.78 is 0. The highest BCUT2D eigenvalue weighted by atomic mass is 32.1. The monoisotopic (exact) mass is 248 g/mol. The van der Waals surface area contributed by atoms with Crippen molar-refractivity contribution in [2.24, 2.45) is 11.7 Å². The van der Waals surface area contributed by atoms with E-state index in [0.717, 1.165) is 17.2 Å². The van der Waals surface area contributed by atoms with Gasteiger partial charge in [0, 0.05) is 17.3 Å². The molecule has 0 amide bonds. The van der Waals surface area contributed by atoms with Gasteiger partial charge in [-0.15, -0.1) is 0 Å². The van der Waals surface area contributed by atoms with E-state index in [2.05, 4.69) is 31.3 Å². The van der Waals surface area contributed by atoms with Crippen molar-refractivity contribution in [1.82, 2.24) is 0 Å². The first-order valence-electron chi connectivity index (χ1n) is 6.25. The normalized spacial score (nSPS) is 23.6. The van der Waals surface area contributed by atoms with Gasteiger partial charge < -0.3 is 11.1 Å². The Morgan fingerprint density at radius 1 is 1.41 bits per heavy atom. The second-order valence-electron chi connectivity index (χ2n) is 5.07. The quantitative estimate of drug-likeness (QED) is 0.807. The molecular formula is C14H20N2S. The maximum Gasteiger partial charge on any atom is 0.106 e. The van der Waals surface area contributed by atoms with E-state index in [1.807, 2.05) is 6.07 Å². The maximum atomic E-state index is 5.76. The summed E-state index contributed by atoms with van der Waals surface area (Å²) in [6.07, 6.45) is 3.87. The number of aryl methyl sites for hydroxylation is 1. The lowest BCUT2D eigenvalue weighted by atomic mass is 10.0. The van der Waals surface area contributed by atoms with Crippen LogP contribution in [0.2, 0.25) is 0 Å². The Morgan fingerprint density at radius 3 is 2.76 bits per heavy atom. The smallest absolute Gasteiger partial charge is 0.106 e. The van der Waals surface area contributed by atoms with Gasteiger partial charge in [0.1, 0.15) is 4.99 Å². The Hall–Kier alpha value is -1.09. The number of thiocarbonyl (C=S) groups is 1. The Labute approximate surface area is 109 Å². The topological polar surface area (TPSA) is 38.0 Å². The number of hydrogen-bond donors (Lipinski definition) is 2. The molecule has 2 atom stereocenters. The molecule has 1 aliphatic rings. The van der Waals surface area contributed by atoms with Crippen molar-refractivity contribution >= 4 is 22.9 Å². The number of hydrogen-bond acceptors (Lipinski definition) is 2. The summed E-state index contributed by atoms with van der Waals surface area (Å²) in [5.74, 6) is 0.731. The molecule has 1 fully saturated rings. The van der Waals surface area contributed by atoms with Crippen molar-refractivity contribution < 1.29 is 0 Å². The highest BCUT2D eigenvalue weighted by molar-refractivity contribution is 7.80. The molecule has 1 aromatic rings. The van der Waals surface area contributed by atoms with Crippen LogP contribution in [0.3, 0.4) is 0 Å². The van der Waals surface area contributed by atoms with E-state index >= 15 is 0 Å². The molecule has 2 unspecified atom stereocenters. The first-order valence-corrected chi connectivity index (χ1v) is 6.65. The lowest BCUT2D eigenvalue weighted by Crippen LogP contribution is -2.24. The molecule has 0 heterocycles. The van der Waals surface area contributed by atoms with E-state index in [-0.39, 0.29) is 0 Å². The lowest BCUT2D eigenvalue weighted by Gasteiger charge is -2.21. The standard InChI is InChI=1S/C14H20N2S/c1-9-6-7-11(14(15)17)13(8-9)16-12-5-3-4-10(12)2/h6-8,10,12,16H,3-5H2,1-2H3,(H2,15,17). The second kappa shape index (κ2) is 5.05. The van der Waals surface area contributed by atoms with Crippen LogP contribution in [0.5, 0.6) is 0 Å². The minimum absolute atomic E-state index is 0.471. The van der Waals surface area contributed by atoms with E-state index in [9.17, 15) is 0 Å². The molecule has 0 bridgehead atoms. The molecule has 2 rings (SSSR count). The number of nitrogens with two attached hydrogens (primary N) is 1. The fourth-order valence-electron chi connectivity index (χ4n) is 2.55. The summed E-state index contributed by atoms with van der Waals surface area (Å²) in [6.45, 7) is 4.40. The number of benzene rings is 1. The minimum Gasteiger partial charge on any atom is -0.389 e. The molecule has 1 aliphatic carbocycles. The van der Waals surface area contributed by atoms with Crippen molar-refractivity contribution in [3.8, 4) is 0 Å². The fourth-order valence-corrected chi connectivity index (χ4v) is 2.73. The molecule has 2 nitrogen and oxygen atoms in total. The average molecular weight is 248 g/mol. The zero-order chi connectivity index (χ0) is 12.4. The number of nitrogens with one attached hydrogen (secondary N) is 1. The molecule has 0 aromatic heterocycles. The molecule has 1 aromatic carbocycles. The highest BCUT2D eigenvalue weighted by Crippen LogP contribution is 2.29. The number of rotatable bonds is 3. The van der Waals surface area contributed by atoms with Crippen LogP contribution in [0.15, 0.2) is 18.2 Å². The van der Waals surface area contributed by atoms with Crippen molar-refractivity contribution in [3.63, 3.8) is 0 Å². The molecule has 92 valence electrons. The van der Waals surface area contributed by atoms with E-state index in [0.29, 0.717) is 11.0 Å². The molecular weight excluding hydrogens is 228 g/mol. The summed E-state index contributed by atoms with van der Waals surface area (Å²) in [4.78, 5) is 0.471. The zero-order valence-electron chi connectivity index (χ0n) is 10.5. The van der Waals surface area contributed by atoms with Gasteiger partial charge in [0.2, 0.25) is 0 Å². The van der Waals surface area contributed by atoms with E-state index in [4.69, 9.17) is 18.0 Å². The molecule has 3 heteroatoms. The molecule has 0 spiro atoms. The van der Waals surface area contributed by atoms with Crippen LogP contribution in [-0.2, 0) is 0 Å². The Kier molecular flexibility index (Phi) is 3.67. The predicted molar refractivity (Wildman–Crippen MR) is 77.5 cm³/mol. The summed E-state index contributed by atoms with van der Waals surface area (Å²) in [6, 6.07) is 6.77. The molecule has 3 N–H and O–H groups in total. The Balaban J connectivity index is 2.24. The van der Waals surface area contributed by atoms with Crippen LogP contribution in [0.1, 0.15) is 37.3 Å². The molecule has 1 saturated carbocycles. The van der Waals surface area contributed by atoms with Crippen LogP contribution >= 0.6 is 12.2 Å². The third-order valence-corrected chi connectivity index (χ3v) is 3.86. The van der Waals surface area contributed by atoms with Gasteiger partial charge in [-0.05, 0) is 43.4 Å². The van der Waals surface area contributed by atoms with Crippen LogP contribution < -0.4 is 11.1 Å². The SMILES string of the molecule is Cc1ccc(C(N)=S)c(NC2CCCC2C)c1. The van der Waals surface area contributed by atoms with Crippen molar-refractivity contribution in [1.29, 1.82) is 0 Å². The molecule has 0 aliphatic heterocycles. The summed E-state index contributed by atoms with van der Waals surface area (Å²) in [5, 5.41) is 3.61.